The van der Waals surface area contributed by atoms with Gasteiger partial charge in [0.1, 0.15) is 11.2 Å². The average molecular weight is 422 g/mol. The third-order valence-corrected chi connectivity index (χ3v) is 4.88. The lowest BCUT2D eigenvalue weighted by Gasteiger charge is -2.12. The molecule has 1 saturated heterocycles. The normalized spacial score (nSPS) is 13.7. The van der Waals surface area contributed by atoms with E-state index in [1.165, 1.54) is 6.07 Å². The number of carbonyl (C=O) groups is 4. The molecule has 1 aromatic heterocycles. The van der Waals surface area contributed by atoms with E-state index in [0.29, 0.717) is 27.0 Å². The SMILES string of the molecule is O=C(CCCNC(=O)c1ccc2oc3ccccc3c(=O)c2c1)ON1C(=O)CCC1=O. The third-order valence-electron chi connectivity index (χ3n) is 4.88. The Hall–Kier alpha value is -4.01. The molecule has 9 heteroatoms. The monoisotopic (exact) mass is 422 g/mol. The summed E-state index contributed by atoms with van der Waals surface area (Å²) in [6.07, 6.45) is 0.232. The maximum atomic E-state index is 12.7. The fourth-order valence-electron chi connectivity index (χ4n) is 3.29. The van der Waals surface area contributed by atoms with E-state index in [9.17, 15) is 24.0 Å². The van der Waals surface area contributed by atoms with Crippen LogP contribution in [0.2, 0.25) is 0 Å². The van der Waals surface area contributed by atoms with Crippen molar-refractivity contribution in [2.75, 3.05) is 6.54 Å². The number of benzene rings is 2. The second-order valence-electron chi connectivity index (χ2n) is 7.04. The summed E-state index contributed by atoms with van der Waals surface area (Å²) in [5.74, 6) is -2.22. The van der Waals surface area contributed by atoms with Crippen LogP contribution in [0.5, 0.6) is 0 Å². The molecule has 1 aliphatic heterocycles. The largest absolute Gasteiger partial charge is 0.456 e. The molecular weight excluding hydrogens is 404 g/mol. The van der Waals surface area contributed by atoms with Crippen LogP contribution in [0, 0.1) is 0 Å². The lowest BCUT2D eigenvalue weighted by atomic mass is 10.1. The van der Waals surface area contributed by atoms with Crippen molar-refractivity contribution >= 4 is 45.6 Å². The number of nitrogens with one attached hydrogen (secondary N) is 1. The Balaban J connectivity index is 1.35. The molecule has 0 atom stereocenters. The molecule has 0 spiro atoms. The minimum absolute atomic E-state index is 0.0298. The number of hydroxylamine groups is 2. The zero-order valence-electron chi connectivity index (χ0n) is 16.4. The number of imide groups is 1. The summed E-state index contributed by atoms with van der Waals surface area (Å²) in [5, 5.41) is 3.88. The van der Waals surface area contributed by atoms with Crippen molar-refractivity contribution in [3.05, 3.63) is 58.3 Å². The minimum atomic E-state index is -0.729. The molecule has 31 heavy (non-hydrogen) atoms. The van der Waals surface area contributed by atoms with Crippen LogP contribution in [0.15, 0.2) is 51.7 Å². The number of nitrogens with zero attached hydrogens (tertiary/aromatic N) is 1. The maximum Gasteiger partial charge on any atom is 0.333 e. The summed E-state index contributed by atoms with van der Waals surface area (Å²) in [6.45, 7) is 0.167. The average Bonchev–Trinajstić information content (AvgIpc) is 3.08. The highest BCUT2D eigenvalue weighted by atomic mass is 16.7. The molecular formula is C22H18N2O7. The van der Waals surface area contributed by atoms with Gasteiger partial charge in [0, 0.05) is 31.4 Å². The number of rotatable bonds is 6. The van der Waals surface area contributed by atoms with Crippen LogP contribution in [0.4, 0.5) is 0 Å². The molecule has 1 N–H and O–H groups in total. The van der Waals surface area contributed by atoms with E-state index in [4.69, 9.17) is 9.25 Å². The quantitative estimate of drug-likeness (QED) is 0.366. The predicted octanol–water partition coefficient (Wildman–Crippen LogP) is 2.06. The van der Waals surface area contributed by atoms with Crippen molar-refractivity contribution in [2.45, 2.75) is 25.7 Å². The molecule has 0 unspecified atom stereocenters. The number of hydrogen-bond donors (Lipinski definition) is 1. The number of fused-ring (bicyclic) bond motifs is 2. The molecule has 2 heterocycles. The van der Waals surface area contributed by atoms with E-state index < -0.39 is 23.7 Å². The van der Waals surface area contributed by atoms with Gasteiger partial charge < -0.3 is 14.6 Å². The fourth-order valence-corrected chi connectivity index (χ4v) is 3.29. The molecule has 0 saturated carbocycles. The molecule has 0 radical (unpaired) electrons. The van der Waals surface area contributed by atoms with E-state index in [0.717, 1.165) is 0 Å². The molecule has 2 aromatic carbocycles. The van der Waals surface area contributed by atoms with E-state index in [-0.39, 0.29) is 43.2 Å². The minimum Gasteiger partial charge on any atom is -0.456 e. The Morgan fingerprint density at radius 1 is 0.968 bits per heavy atom. The number of hydrogen-bond acceptors (Lipinski definition) is 7. The summed E-state index contributed by atoms with van der Waals surface area (Å²) < 4.78 is 5.72. The van der Waals surface area contributed by atoms with Gasteiger partial charge in [0.2, 0.25) is 5.43 Å². The van der Waals surface area contributed by atoms with Crippen LogP contribution in [0.25, 0.3) is 21.9 Å². The second-order valence-corrected chi connectivity index (χ2v) is 7.04. The van der Waals surface area contributed by atoms with Crippen LogP contribution in [0.3, 0.4) is 0 Å². The standard InChI is InChI=1S/C22H18N2O7/c25-18-9-10-19(26)24(18)31-20(27)6-3-11-23-22(29)13-7-8-17-15(12-13)21(28)14-4-1-2-5-16(14)30-17/h1-2,4-5,7-8,12H,3,6,9-11H2,(H,23,29). The number of amides is 3. The highest BCUT2D eigenvalue weighted by Crippen LogP contribution is 2.19. The molecule has 4 rings (SSSR count). The van der Waals surface area contributed by atoms with Gasteiger partial charge in [0.05, 0.1) is 10.8 Å². The molecule has 158 valence electrons. The van der Waals surface area contributed by atoms with Crippen molar-refractivity contribution in [2.24, 2.45) is 0 Å². The Morgan fingerprint density at radius 3 is 2.45 bits per heavy atom. The molecule has 1 fully saturated rings. The smallest absolute Gasteiger partial charge is 0.333 e. The molecule has 9 nitrogen and oxygen atoms in total. The molecule has 0 aliphatic carbocycles. The van der Waals surface area contributed by atoms with Gasteiger partial charge in [0.25, 0.3) is 17.7 Å². The Kier molecular flexibility index (Phi) is 5.48. The van der Waals surface area contributed by atoms with E-state index >= 15 is 0 Å². The molecule has 3 aromatic rings. The van der Waals surface area contributed by atoms with E-state index in [1.807, 2.05) is 0 Å². The van der Waals surface area contributed by atoms with Crippen molar-refractivity contribution in [3.8, 4) is 0 Å². The van der Waals surface area contributed by atoms with Gasteiger partial charge in [-0.2, -0.15) is 0 Å². The zero-order chi connectivity index (χ0) is 22.0. The first kappa shape index (κ1) is 20.3. The summed E-state index contributed by atoms with van der Waals surface area (Å²) in [5.41, 5.74) is 0.918. The highest BCUT2D eigenvalue weighted by Gasteiger charge is 2.32. The first-order chi connectivity index (χ1) is 14.9. The number of para-hydroxylation sites is 1. The lowest BCUT2D eigenvalue weighted by Crippen LogP contribution is -2.32. The van der Waals surface area contributed by atoms with E-state index in [1.54, 1.807) is 36.4 Å². The summed E-state index contributed by atoms with van der Waals surface area (Å²) in [7, 11) is 0. The van der Waals surface area contributed by atoms with Crippen molar-refractivity contribution in [1.82, 2.24) is 10.4 Å². The van der Waals surface area contributed by atoms with Gasteiger partial charge in [-0.25, -0.2) is 4.79 Å². The maximum absolute atomic E-state index is 12.7. The fraction of sp³-hybridized carbons (Fsp3) is 0.227. The van der Waals surface area contributed by atoms with Crippen LogP contribution >= 0.6 is 0 Å². The second kappa shape index (κ2) is 8.39. The zero-order valence-corrected chi connectivity index (χ0v) is 16.4. The topological polar surface area (TPSA) is 123 Å². The van der Waals surface area contributed by atoms with Gasteiger partial charge in [-0.3, -0.25) is 19.2 Å². The van der Waals surface area contributed by atoms with Crippen LogP contribution < -0.4 is 10.7 Å². The van der Waals surface area contributed by atoms with Gasteiger partial charge in [-0.15, -0.1) is 5.06 Å². The van der Waals surface area contributed by atoms with Gasteiger partial charge in [0.15, 0.2) is 0 Å². The van der Waals surface area contributed by atoms with Crippen molar-refractivity contribution in [1.29, 1.82) is 0 Å². The lowest BCUT2D eigenvalue weighted by molar-refractivity contribution is -0.197. The molecule has 1 aliphatic rings. The van der Waals surface area contributed by atoms with Crippen LogP contribution in [-0.2, 0) is 19.2 Å². The summed E-state index contributed by atoms with van der Waals surface area (Å²) >= 11 is 0. The van der Waals surface area contributed by atoms with Gasteiger partial charge >= 0.3 is 5.97 Å². The van der Waals surface area contributed by atoms with Gasteiger partial charge in [-0.1, -0.05) is 12.1 Å². The third kappa shape index (κ3) is 4.16. The summed E-state index contributed by atoms with van der Waals surface area (Å²) in [6, 6.07) is 11.5. The highest BCUT2D eigenvalue weighted by molar-refractivity contribution is 6.01. The van der Waals surface area contributed by atoms with Crippen LogP contribution in [0.1, 0.15) is 36.0 Å². The Labute approximate surface area is 175 Å². The van der Waals surface area contributed by atoms with E-state index in [2.05, 4.69) is 5.32 Å². The predicted molar refractivity (Wildman–Crippen MR) is 109 cm³/mol. The Morgan fingerprint density at radius 2 is 1.68 bits per heavy atom. The molecule has 3 amide bonds. The van der Waals surface area contributed by atoms with Crippen molar-refractivity contribution in [3.63, 3.8) is 0 Å². The Bertz CT molecular complexity index is 1260. The molecule has 0 bridgehead atoms. The number of carbonyl (C=O) groups excluding carboxylic acids is 4. The summed E-state index contributed by atoms with van der Waals surface area (Å²) in [4.78, 5) is 64.5. The van der Waals surface area contributed by atoms with Crippen LogP contribution in [-0.4, -0.2) is 35.3 Å². The first-order valence-corrected chi connectivity index (χ1v) is 9.74. The van der Waals surface area contributed by atoms with Crippen molar-refractivity contribution < 1.29 is 28.4 Å². The van der Waals surface area contributed by atoms with Gasteiger partial charge in [-0.05, 0) is 36.8 Å². The first-order valence-electron chi connectivity index (χ1n) is 9.74.